The van der Waals surface area contributed by atoms with Gasteiger partial charge < -0.3 is 11.1 Å². The van der Waals surface area contributed by atoms with Crippen molar-refractivity contribution in [1.29, 1.82) is 0 Å². The van der Waals surface area contributed by atoms with E-state index in [0.29, 0.717) is 6.54 Å². The van der Waals surface area contributed by atoms with Gasteiger partial charge in [-0.25, -0.2) is 4.79 Å². The molecular weight excluding hydrogens is 152 g/mol. The fourth-order valence-corrected chi connectivity index (χ4v) is 0.850. The highest BCUT2D eigenvalue weighted by molar-refractivity contribution is 5.80. The van der Waals surface area contributed by atoms with Gasteiger partial charge in [0.25, 0.3) is 0 Å². The number of fused-ring (bicyclic) bond motifs is 1. The normalized spacial score (nSPS) is 9.42. The third-order valence-corrected chi connectivity index (χ3v) is 1.46. The summed E-state index contributed by atoms with van der Waals surface area (Å²) in [6, 6.07) is 8.02. The quantitative estimate of drug-likeness (QED) is 0.656. The highest BCUT2D eigenvalue weighted by atomic mass is 16.2. The molecule has 2 rings (SSSR count). The zero-order valence-electron chi connectivity index (χ0n) is 7.00. The Bertz CT molecular complexity index is 266. The van der Waals surface area contributed by atoms with Gasteiger partial charge in [-0.2, -0.15) is 0 Å². The summed E-state index contributed by atoms with van der Waals surface area (Å²) < 4.78 is 0. The van der Waals surface area contributed by atoms with E-state index >= 15 is 0 Å². The summed E-state index contributed by atoms with van der Waals surface area (Å²) in [4.78, 5) is 9.71. The Morgan fingerprint density at radius 1 is 1.50 bits per heavy atom. The monoisotopic (exact) mass is 164 g/mol. The van der Waals surface area contributed by atoms with Gasteiger partial charge in [-0.3, -0.25) is 0 Å². The number of amides is 2. The Morgan fingerprint density at radius 3 is 2.17 bits per heavy atom. The minimum absolute atomic E-state index is 0.461. The maximum Gasteiger partial charge on any atom is 0.312 e. The van der Waals surface area contributed by atoms with E-state index in [9.17, 15) is 4.79 Å². The molecular formula is C9H12N2O. The third-order valence-electron chi connectivity index (χ3n) is 1.46. The number of hydrogen-bond donors (Lipinski definition) is 2. The summed E-state index contributed by atoms with van der Waals surface area (Å²) >= 11 is 0. The van der Waals surface area contributed by atoms with Crippen molar-refractivity contribution >= 4 is 6.03 Å². The molecule has 64 valence electrons. The van der Waals surface area contributed by atoms with E-state index in [1.54, 1.807) is 0 Å². The lowest BCUT2D eigenvalue weighted by molar-refractivity contribution is 0.249. The maximum atomic E-state index is 9.71. The molecule has 0 atom stereocenters. The van der Waals surface area contributed by atoms with Crippen LogP contribution in [-0.4, -0.2) is 12.6 Å². The first-order chi connectivity index (χ1) is 5.74. The minimum atomic E-state index is -0.461. The molecule has 0 spiro atoms. The topological polar surface area (TPSA) is 55.1 Å². The molecule has 0 unspecified atom stereocenters. The highest BCUT2D eigenvalue weighted by Crippen LogP contribution is 2.32. The molecule has 0 fully saturated rings. The molecule has 0 bridgehead atoms. The van der Waals surface area contributed by atoms with Gasteiger partial charge in [-0.15, -0.1) is 0 Å². The minimum Gasteiger partial charge on any atom is -0.352 e. The van der Waals surface area contributed by atoms with Gasteiger partial charge >= 0.3 is 6.03 Å². The van der Waals surface area contributed by atoms with Crippen LogP contribution in [0.25, 0.3) is 11.1 Å². The predicted octanol–water partition coefficient (Wildman–Crippen LogP) is 1.34. The van der Waals surface area contributed by atoms with Crippen molar-refractivity contribution < 1.29 is 4.79 Å². The smallest absolute Gasteiger partial charge is 0.312 e. The van der Waals surface area contributed by atoms with Gasteiger partial charge in [0.15, 0.2) is 0 Å². The maximum absolute atomic E-state index is 9.71. The first kappa shape index (κ1) is 8.59. The fourth-order valence-electron chi connectivity index (χ4n) is 0.850. The second kappa shape index (κ2) is 3.76. The number of primary amides is 1. The first-order valence-electron chi connectivity index (χ1n) is 3.87. The van der Waals surface area contributed by atoms with Gasteiger partial charge in [-0.1, -0.05) is 18.2 Å². The van der Waals surface area contributed by atoms with Crippen LogP contribution >= 0.6 is 0 Å². The number of rotatable bonds is 1. The number of nitrogens with two attached hydrogens (primary N) is 1. The van der Waals surface area contributed by atoms with Gasteiger partial charge in [-0.05, 0) is 24.1 Å². The molecule has 3 heteroatoms. The van der Waals surface area contributed by atoms with Crippen LogP contribution < -0.4 is 11.1 Å². The van der Waals surface area contributed by atoms with Crippen LogP contribution in [0.2, 0.25) is 0 Å². The number of benzene rings is 1. The summed E-state index contributed by atoms with van der Waals surface area (Å²) in [5, 5.41) is 2.35. The first-order valence-corrected chi connectivity index (χ1v) is 3.87. The molecule has 2 aliphatic rings. The lowest BCUT2D eigenvalue weighted by Gasteiger charge is -1.88. The molecule has 0 aromatic carbocycles. The van der Waals surface area contributed by atoms with Crippen molar-refractivity contribution in [3.63, 3.8) is 0 Å². The summed E-state index contributed by atoms with van der Waals surface area (Å²) in [6.07, 6.45) is 0. The standard InChI is InChI=1S/C6H4.C3H8N2O/c1-2-5-4-6(5)3-1;1-2-5-3(4)6/h1-4H;2H2,1H3,(H3,4,5,6). The summed E-state index contributed by atoms with van der Waals surface area (Å²) in [6.45, 7) is 2.42. The van der Waals surface area contributed by atoms with E-state index in [2.05, 4.69) is 35.3 Å². The number of nitrogens with one attached hydrogen (secondary N) is 1. The Balaban J connectivity index is 0.000000120. The van der Waals surface area contributed by atoms with Crippen LogP contribution in [0.1, 0.15) is 6.92 Å². The van der Waals surface area contributed by atoms with Gasteiger partial charge in [0.05, 0.1) is 0 Å². The molecule has 0 aromatic heterocycles. The molecule has 3 N–H and O–H groups in total. The Labute approximate surface area is 71.6 Å². The van der Waals surface area contributed by atoms with Crippen LogP contribution in [-0.2, 0) is 0 Å². The van der Waals surface area contributed by atoms with E-state index in [-0.39, 0.29) is 0 Å². The molecule has 0 saturated heterocycles. The van der Waals surface area contributed by atoms with Gasteiger partial charge in [0, 0.05) is 6.54 Å². The average molecular weight is 164 g/mol. The molecule has 3 nitrogen and oxygen atoms in total. The van der Waals surface area contributed by atoms with E-state index in [1.807, 2.05) is 6.92 Å². The second-order valence-electron chi connectivity index (χ2n) is 2.48. The van der Waals surface area contributed by atoms with Crippen LogP contribution in [0.4, 0.5) is 4.79 Å². The number of carbonyl (C=O) groups is 1. The lowest BCUT2D eigenvalue weighted by Crippen LogP contribution is -2.28. The van der Waals surface area contributed by atoms with Crippen molar-refractivity contribution in [2.24, 2.45) is 5.73 Å². The van der Waals surface area contributed by atoms with Crippen molar-refractivity contribution in [2.75, 3.05) is 6.54 Å². The SMILES string of the molecule is CCNC(N)=O.c1cc2cc-2c1. The van der Waals surface area contributed by atoms with Crippen LogP contribution in [0.3, 0.4) is 0 Å². The van der Waals surface area contributed by atoms with E-state index < -0.39 is 6.03 Å². The van der Waals surface area contributed by atoms with Crippen LogP contribution in [0.5, 0.6) is 0 Å². The molecule has 0 aromatic rings. The average Bonchev–Trinajstić information content (AvgIpc) is 2.60. The zero-order valence-corrected chi connectivity index (χ0v) is 7.00. The summed E-state index contributed by atoms with van der Waals surface area (Å²) in [5.41, 5.74) is 7.50. The molecule has 0 aliphatic heterocycles. The third kappa shape index (κ3) is 2.62. The number of carbonyl (C=O) groups excluding carboxylic acids is 1. The molecule has 0 radical (unpaired) electrons. The van der Waals surface area contributed by atoms with Crippen molar-refractivity contribution in [2.45, 2.75) is 6.92 Å². The molecule has 2 aliphatic carbocycles. The van der Waals surface area contributed by atoms with E-state index in [4.69, 9.17) is 0 Å². The van der Waals surface area contributed by atoms with Crippen LogP contribution in [0.15, 0.2) is 24.3 Å². The lowest BCUT2D eigenvalue weighted by atomic mass is 10.6. The molecule has 2 amide bonds. The summed E-state index contributed by atoms with van der Waals surface area (Å²) in [5.74, 6) is 0. The molecule has 0 saturated carbocycles. The Hall–Kier alpha value is -1.51. The van der Waals surface area contributed by atoms with Crippen molar-refractivity contribution in [1.82, 2.24) is 5.32 Å². The predicted molar refractivity (Wildman–Crippen MR) is 48.7 cm³/mol. The number of hydrogen-bond acceptors (Lipinski definition) is 1. The Morgan fingerprint density at radius 2 is 2.08 bits per heavy atom. The van der Waals surface area contributed by atoms with Gasteiger partial charge in [0.1, 0.15) is 0 Å². The fraction of sp³-hybridized carbons (Fsp3) is 0.222. The molecule has 12 heavy (non-hydrogen) atoms. The largest absolute Gasteiger partial charge is 0.352 e. The van der Waals surface area contributed by atoms with Gasteiger partial charge in [0.2, 0.25) is 0 Å². The van der Waals surface area contributed by atoms with E-state index in [1.165, 1.54) is 11.1 Å². The highest BCUT2D eigenvalue weighted by Gasteiger charge is 2.06. The summed E-state index contributed by atoms with van der Waals surface area (Å²) in [7, 11) is 0. The van der Waals surface area contributed by atoms with Crippen molar-refractivity contribution in [3.05, 3.63) is 24.3 Å². The number of urea groups is 1. The zero-order chi connectivity index (χ0) is 8.97. The Kier molecular flexibility index (Phi) is 2.69. The van der Waals surface area contributed by atoms with Crippen molar-refractivity contribution in [3.8, 4) is 11.1 Å². The second-order valence-corrected chi connectivity index (χ2v) is 2.48. The molecule has 0 heterocycles. The van der Waals surface area contributed by atoms with Crippen LogP contribution in [0, 0.1) is 0 Å². The van der Waals surface area contributed by atoms with E-state index in [0.717, 1.165) is 0 Å².